The maximum absolute atomic E-state index is 11.4. The van der Waals surface area contributed by atoms with E-state index in [1.807, 2.05) is 13.1 Å². The van der Waals surface area contributed by atoms with Crippen LogP contribution in [0.1, 0.15) is 65.7 Å². The van der Waals surface area contributed by atoms with E-state index in [4.69, 9.17) is 14.2 Å². The van der Waals surface area contributed by atoms with E-state index in [9.17, 15) is 9.59 Å². The van der Waals surface area contributed by atoms with Gasteiger partial charge < -0.3 is 19.0 Å². The topological polar surface area (TPSA) is 65.0 Å². The molecule has 6 heteroatoms. The highest BCUT2D eigenvalue weighted by molar-refractivity contribution is 6.72. The molecule has 0 radical (unpaired) electrons. The number of hydrogen-bond donors (Lipinski definition) is 1. The molecule has 146 valence electrons. The Morgan fingerprint density at radius 3 is 2.44 bits per heavy atom. The van der Waals surface area contributed by atoms with Crippen LogP contribution >= 0.6 is 0 Å². The van der Waals surface area contributed by atoms with Crippen molar-refractivity contribution in [3.8, 4) is 0 Å². The summed E-state index contributed by atoms with van der Waals surface area (Å²) in [6.07, 6.45) is 6.54. The summed E-state index contributed by atoms with van der Waals surface area (Å²) < 4.78 is 17.5. The molecule has 2 aliphatic rings. The third kappa shape index (κ3) is 6.34. The molecular weight excluding hydrogens is 336 g/mol. The van der Waals surface area contributed by atoms with Crippen molar-refractivity contribution in [3.05, 3.63) is 0 Å². The minimum absolute atomic E-state index is 0.0606. The normalized spacial score (nSPS) is 31.6. The van der Waals surface area contributed by atoms with Crippen LogP contribution in [0, 0.1) is 5.92 Å². The Morgan fingerprint density at radius 1 is 1.20 bits per heavy atom. The molecule has 0 aromatic carbocycles. The van der Waals surface area contributed by atoms with Crippen LogP contribution < -0.4 is 0 Å². The monoisotopic (exact) mass is 372 g/mol. The maximum atomic E-state index is 11.4. The molecule has 2 rings (SSSR count). The third-order valence-electron chi connectivity index (χ3n) is 5.99. The van der Waals surface area contributed by atoms with Gasteiger partial charge in [0, 0.05) is 20.0 Å². The van der Waals surface area contributed by atoms with Crippen molar-refractivity contribution in [1.82, 2.24) is 0 Å². The van der Waals surface area contributed by atoms with E-state index in [-0.39, 0.29) is 29.5 Å². The van der Waals surface area contributed by atoms with Crippen molar-refractivity contribution in [3.63, 3.8) is 0 Å². The van der Waals surface area contributed by atoms with Crippen LogP contribution in [0.4, 0.5) is 0 Å². The Labute approximate surface area is 153 Å². The molecular formula is C19H36O5Si. The zero-order chi connectivity index (χ0) is 18.7. The molecule has 1 N–H and O–H groups in total. The first kappa shape index (κ1) is 20.9. The van der Waals surface area contributed by atoms with E-state index in [1.54, 1.807) is 0 Å². The second-order valence-electron chi connectivity index (χ2n) is 9.01. The number of hydrogen-bond acceptors (Lipinski definition) is 5. The molecule has 4 atom stereocenters. The van der Waals surface area contributed by atoms with Crippen LogP contribution in [-0.4, -0.2) is 44.2 Å². The smallest absolute Gasteiger partial charge is 0.302 e. The highest BCUT2D eigenvalue weighted by Gasteiger charge is 2.42. The summed E-state index contributed by atoms with van der Waals surface area (Å²) in [5.74, 6) is 0.162. The summed E-state index contributed by atoms with van der Waals surface area (Å²) >= 11 is 0. The first-order valence-electron chi connectivity index (χ1n) is 9.73. The highest BCUT2D eigenvalue weighted by Crippen LogP contribution is 2.45. The zero-order valence-electron chi connectivity index (χ0n) is 16.5. The van der Waals surface area contributed by atoms with Gasteiger partial charge in [0.25, 0.3) is 0 Å². The second kappa shape index (κ2) is 8.50. The standard InChI is InChI=1S/C19H36O5Si/c1-14(20)23-16-10-15(13-19(2,3)25(4,5)21)11-17(12-16)24-18-8-6-7-9-22-18/h15-18,21H,6-13H2,1-5H3/t15-,16+,17-,18?/m0/s1. The van der Waals surface area contributed by atoms with E-state index >= 15 is 0 Å². The van der Waals surface area contributed by atoms with Gasteiger partial charge in [-0.2, -0.15) is 0 Å². The van der Waals surface area contributed by atoms with Crippen molar-refractivity contribution >= 4 is 14.3 Å². The van der Waals surface area contributed by atoms with Gasteiger partial charge in [-0.25, -0.2) is 0 Å². The Morgan fingerprint density at radius 2 is 1.88 bits per heavy atom. The first-order valence-corrected chi connectivity index (χ1v) is 12.7. The summed E-state index contributed by atoms with van der Waals surface area (Å²) in [7, 11) is -2.26. The third-order valence-corrected chi connectivity index (χ3v) is 9.50. The quantitative estimate of drug-likeness (QED) is 0.564. The minimum atomic E-state index is -2.26. The number of esters is 1. The fourth-order valence-corrected chi connectivity index (χ4v) is 4.73. The maximum Gasteiger partial charge on any atom is 0.302 e. The van der Waals surface area contributed by atoms with Crippen LogP contribution in [0.15, 0.2) is 0 Å². The lowest BCUT2D eigenvalue weighted by molar-refractivity contribution is -0.204. The molecule has 1 heterocycles. The molecule has 1 unspecified atom stereocenters. The average molecular weight is 373 g/mol. The Kier molecular flexibility index (Phi) is 7.10. The number of carbonyl (C=O) groups excluding carboxylic acids is 1. The number of carbonyl (C=O) groups is 1. The summed E-state index contributed by atoms with van der Waals surface area (Å²) in [6, 6.07) is 0. The van der Waals surface area contributed by atoms with Gasteiger partial charge in [0.15, 0.2) is 14.6 Å². The van der Waals surface area contributed by atoms with Crippen LogP contribution in [0.5, 0.6) is 0 Å². The Bertz CT molecular complexity index is 440. The molecule has 0 spiro atoms. The average Bonchev–Trinajstić information content (AvgIpc) is 2.45. The van der Waals surface area contributed by atoms with Gasteiger partial charge in [0.2, 0.25) is 0 Å². The van der Waals surface area contributed by atoms with E-state index < -0.39 is 8.32 Å². The predicted octanol–water partition coefficient (Wildman–Crippen LogP) is 4.00. The molecule has 0 aromatic rings. The largest absolute Gasteiger partial charge is 0.462 e. The number of rotatable bonds is 6. The highest BCUT2D eigenvalue weighted by atomic mass is 28.4. The number of ether oxygens (including phenoxy) is 3. The summed E-state index contributed by atoms with van der Waals surface area (Å²) in [5.41, 5.74) is 0. The molecule has 25 heavy (non-hydrogen) atoms. The van der Waals surface area contributed by atoms with Crippen LogP contribution in [0.2, 0.25) is 18.1 Å². The van der Waals surface area contributed by atoms with E-state index in [0.717, 1.165) is 51.6 Å². The Hall–Kier alpha value is -0.433. The van der Waals surface area contributed by atoms with E-state index in [1.165, 1.54) is 6.92 Å². The minimum Gasteiger partial charge on any atom is -0.462 e. The molecule has 5 nitrogen and oxygen atoms in total. The second-order valence-corrected chi connectivity index (χ2v) is 13.5. The molecule has 2 fully saturated rings. The van der Waals surface area contributed by atoms with Gasteiger partial charge in [-0.15, -0.1) is 0 Å². The lowest BCUT2D eigenvalue weighted by Gasteiger charge is -2.42. The Balaban J connectivity index is 2.01. The van der Waals surface area contributed by atoms with Gasteiger partial charge in [-0.05, 0) is 62.6 Å². The SMILES string of the molecule is CC(=O)O[C@@H]1C[C@H](CC(C)(C)[Si](C)(C)O)C[C@H](OC2CCCCO2)C1. The van der Waals surface area contributed by atoms with Gasteiger partial charge >= 0.3 is 5.97 Å². The van der Waals surface area contributed by atoms with E-state index in [2.05, 4.69) is 13.8 Å². The van der Waals surface area contributed by atoms with Crippen LogP contribution in [0.25, 0.3) is 0 Å². The predicted molar refractivity (Wildman–Crippen MR) is 99.7 cm³/mol. The first-order chi connectivity index (χ1) is 11.6. The molecule has 0 bridgehead atoms. The summed E-state index contributed by atoms with van der Waals surface area (Å²) in [6.45, 7) is 10.6. The molecule has 0 aromatic heterocycles. The molecule has 1 saturated heterocycles. The molecule has 1 saturated carbocycles. The van der Waals surface area contributed by atoms with Gasteiger partial charge in [0.05, 0.1) is 6.10 Å². The van der Waals surface area contributed by atoms with Gasteiger partial charge in [0.1, 0.15) is 6.10 Å². The molecule has 1 aliphatic carbocycles. The fourth-order valence-electron chi connectivity index (χ4n) is 3.94. The summed E-state index contributed by atoms with van der Waals surface area (Å²) in [5, 5.41) is -0.0817. The summed E-state index contributed by atoms with van der Waals surface area (Å²) in [4.78, 5) is 22.1. The van der Waals surface area contributed by atoms with Crippen molar-refractivity contribution in [1.29, 1.82) is 0 Å². The van der Waals surface area contributed by atoms with Crippen LogP contribution in [0.3, 0.4) is 0 Å². The lowest BCUT2D eigenvalue weighted by Crippen LogP contribution is -2.43. The van der Waals surface area contributed by atoms with Crippen molar-refractivity contribution in [2.45, 2.75) is 102 Å². The zero-order valence-corrected chi connectivity index (χ0v) is 17.5. The fraction of sp³-hybridized carbons (Fsp3) is 0.947. The van der Waals surface area contributed by atoms with Crippen LogP contribution in [-0.2, 0) is 19.0 Å². The van der Waals surface area contributed by atoms with Crippen molar-refractivity contribution in [2.24, 2.45) is 5.92 Å². The molecule has 1 aliphatic heterocycles. The lowest BCUT2D eigenvalue weighted by atomic mass is 9.80. The van der Waals surface area contributed by atoms with Crippen molar-refractivity contribution < 1.29 is 23.8 Å². The van der Waals surface area contributed by atoms with Gasteiger partial charge in [-0.1, -0.05) is 13.8 Å². The van der Waals surface area contributed by atoms with Gasteiger partial charge in [-0.3, -0.25) is 4.79 Å². The van der Waals surface area contributed by atoms with E-state index in [0.29, 0.717) is 5.92 Å². The van der Waals surface area contributed by atoms with Crippen molar-refractivity contribution in [2.75, 3.05) is 6.61 Å². The molecule has 0 amide bonds.